The second kappa shape index (κ2) is 7.89. The van der Waals surface area contributed by atoms with E-state index < -0.39 is 0 Å². The Morgan fingerprint density at radius 1 is 0.897 bits per heavy atom. The average molecular weight is 403 g/mol. The third kappa shape index (κ3) is 3.82. The molecule has 1 saturated heterocycles. The number of benzene rings is 3. The van der Waals surface area contributed by atoms with Crippen LogP contribution in [0.25, 0.3) is 22.3 Å². The fourth-order valence-corrected chi connectivity index (χ4v) is 4.77. The standard InChI is InChI=1S/C26H26O2S/c1-17-12-20(13-18(2)26(17)28-11-10-27-15-21-16-29-21)23-8-5-9-24-22-7-4-3-6-19(22)14-25(23)24/h3-9,12-13,21H,10-11,14-16H2,1-2H3. The summed E-state index contributed by atoms with van der Waals surface area (Å²) in [7, 11) is 0. The summed E-state index contributed by atoms with van der Waals surface area (Å²) in [6.45, 7) is 6.40. The van der Waals surface area contributed by atoms with Crippen LogP contribution in [-0.4, -0.2) is 30.8 Å². The molecule has 3 heteroatoms. The Kier molecular flexibility index (Phi) is 5.11. The molecule has 0 amide bonds. The monoisotopic (exact) mass is 402 g/mol. The Labute approximate surface area is 177 Å². The maximum atomic E-state index is 6.07. The first-order valence-corrected chi connectivity index (χ1v) is 11.4. The van der Waals surface area contributed by atoms with Crippen molar-refractivity contribution in [3.05, 3.63) is 76.9 Å². The Morgan fingerprint density at radius 2 is 1.62 bits per heavy atom. The third-order valence-electron chi connectivity index (χ3n) is 5.80. The van der Waals surface area contributed by atoms with Crippen molar-refractivity contribution in [2.75, 3.05) is 25.6 Å². The first-order valence-electron chi connectivity index (χ1n) is 10.3. The molecule has 0 saturated carbocycles. The summed E-state index contributed by atoms with van der Waals surface area (Å²) in [6.07, 6.45) is 1.01. The van der Waals surface area contributed by atoms with E-state index in [1.54, 1.807) is 0 Å². The van der Waals surface area contributed by atoms with Crippen molar-refractivity contribution in [3.63, 3.8) is 0 Å². The number of hydrogen-bond donors (Lipinski definition) is 0. The summed E-state index contributed by atoms with van der Waals surface area (Å²) in [6, 6.07) is 20.0. The molecule has 0 spiro atoms. The summed E-state index contributed by atoms with van der Waals surface area (Å²) in [4.78, 5) is 0. The van der Waals surface area contributed by atoms with Gasteiger partial charge in [-0.15, -0.1) is 0 Å². The molecule has 148 valence electrons. The highest BCUT2D eigenvalue weighted by atomic mass is 32.2. The maximum Gasteiger partial charge on any atom is 0.125 e. The number of aryl methyl sites for hydroxylation is 2. The molecule has 3 aromatic rings. The maximum absolute atomic E-state index is 6.07. The van der Waals surface area contributed by atoms with Crippen LogP contribution in [0.5, 0.6) is 5.75 Å². The number of fused-ring (bicyclic) bond motifs is 3. The topological polar surface area (TPSA) is 18.5 Å². The number of hydrogen-bond acceptors (Lipinski definition) is 3. The summed E-state index contributed by atoms with van der Waals surface area (Å²) in [5, 5.41) is 0.719. The van der Waals surface area contributed by atoms with Crippen LogP contribution in [0.2, 0.25) is 0 Å². The minimum absolute atomic E-state index is 0.606. The van der Waals surface area contributed by atoms with E-state index in [9.17, 15) is 0 Å². The highest BCUT2D eigenvalue weighted by molar-refractivity contribution is 8.06. The van der Waals surface area contributed by atoms with Gasteiger partial charge in [0, 0.05) is 11.0 Å². The molecule has 1 unspecified atom stereocenters. The van der Waals surface area contributed by atoms with Crippen molar-refractivity contribution >= 4 is 11.8 Å². The lowest BCUT2D eigenvalue weighted by atomic mass is 9.93. The lowest BCUT2D eigenvalue weighted by Crippen LogP contribution is -2.10. The van der Waals surface area contributed by atoms with Gasteiger partial charge in [-0.05, 0) is 76.9 Å². The van der Waals surface area contributed by atoms with Gasteiger partial charge in [-0.25, -0.2) is 0 Å². The van der Waals surface area contributed by atoms with Crippen LogP contribution in [-0.2, 0) is 11.2 Å². The molecule has 2 nitrogen and oxygen atoms in total. The van der Waals surface area contributed by atoms with Crippen LogP contribution in [0.15, 0.2) is 54.6 Å². The zero-order chi connectivity index (χ0) is 19.8. The van der Waals surface area contributed by atoms with Crippen molar-refractivity contribution in [1.82, 2.24) is 0 Å². The van der Waals surface area contributed by atoms with Crippen molar-refractivity contribution < 1.29 is 9.47 Å². The Bertz CT molecular complexity index is 1030. The van der Waals surface area contributed by atoms with Crippen molar-refractivity contribution in [1.29, 1.82) is 0 Å². The van der Waals surface area contributed by atoms with Gasteiger partial charge < -0.3 is 9.47 Å². The van der Waals surface area contributed by atoms with E-state index in [0.717, 1.165) is 24.0 Å². The SMILES string of the molecule is Cc1cc(-c2cccc3c2Cc2ccccc2-3)cc(C)c1OCCOCC1CS1. The number of rotatable bonds is 7. The molecule has 5 rings (SSSR count). The van der Waals surface area contributed by atoms with Crippen molar-refractivity contribution in [2.45, 2.75) is 25.5 Å². The predicted octanol–water partition coefficient (Wildman–Crippen LogP) is 6.05. The van der Waals surface area contributed by atoms with Gasteiger partial charge in [0.2, 0.25) is 0 Å². The third-order valence-corrected chi connectivity index (χ3v) is 6.74. The normalized spacial score (nSPS) is 16.4. The summed E-state index contributed by atoms with van der Waals surface area (Å²) in [5.74, 6) is 2.24. The molecule has 3 aromatic carbocycles. The second-order valence-electron chi connectivity index (χ2n) is 7.98. The van der Waals surface area contributed by atoms with E-state index in [2.05, 4.69) is 68.4 Å². The second-order valence-corrected chi connectivity index (χ2v) is 9.32. The average Bonchev–Trinajstić information content (AvgIpc) is 3.47. The van der Waals surface area contributed by atoms with Gasteiger partial charge in [0.1, 0.15) is 12.4 Å². The summed E-state index contributed by atoms with van der Waals surface area (Å²) in [5.41, 5.74) is 10.6. The Hall–Kier alpha value is -2.23. The molecular formula is C26H26O2S. The molecule has 0 radical (unpaired) electrons. The quantitative estimate of drug-likeness (QED) is 0.277. The van der Waals surface area contributed by atoms with Gasteiger partial charge in [-0.2, -0.15) is 11.8 Å². The molecule has 1 aliphatic carbocycles. The van der Waals surface area contributed by atoms with E-state index >= 15 is 0 Å². The molecule has 0 aromatic heterocycles. The molecule has 0 N–H and O–H groups in total. The van der Waals surface area contributed by atoms with Gasteiger partial charge in [0.05, 0.1) is 13.2 Å². The minimum atomic E-state index is 0.606. The van der Waals surface area contributed by atoms with E-state index in [4.69, 9.17) is 9.47 Å². The number of thioether (sulfide) groups is 1. The predicted molar refractivity (Wildman–Crippen MR) is 122 cm³/mol. The highest BCUT2D eigenvalue weighted by Gasteiger charge is 2.23. The van der Waals surface area contributed by atoms with E-state index in [0.29, 0.717) is 13.2 Å². The Balaban J connectivity index is 1.37. The van der Waals surface area contributed by atoms with Crippen molar-refractivity contribution in [2.24, 2.45) is 0 Å². The molecule has 1 fully saturated rings. The molecular weight excluding hydrogens is 376 g/mol. The minimum Gasteiger partial charge on any atom is -0.491 e. The molecule has 1 aliphatic heterocycles. The zero-order valence-electron chi connectivity index (χ0n) is 17.0. The Morgan fingerprint density at radius 3 is 2.41 bits per heavy atom. The lowest BCUT2D eigenvalue weighted by Gasteiger charge is -2.16. The zero-order valence-corrected chi connectivity index (χ0v) is 17.9. The van der Waals surface area contributed by atoms with Gasteiger partial charge in [0.25, 0.3) is 0 Å². The largest absolute Gasteiger partial charge is 0.491 e. The molecule has 29 heavy (non-hydrogen) atoms. The van der Waals surface area contributed by atoms with Gasteiger partial charge >= 0.3 is 0 Å². The molecule has 0 bridgehead atoms. The van der Waals surface area contributed by atoms with Gasteiger partial charge in [-0.1, -0.05) is 42.5 Å². The summed E-state index contributed by atoms with van der Waals surface area (Å²) < 4.78 is 11.8. The fraction of sp³-hybridized carbons (Fsp3) is 0.308. The van der Waals surface area contributed by atoms with Crippen LogP contribution in [0, 0.1) is 13.8 Å². The number of ether oxygens (including phenoxy) is 2. The molecule has 2 aliphatic rings. The lowest BCUT2D eigenvalue weighted by molar-refractivity contribution is 0.105. The summed E-state index contributed by atoms with van der Waals surface area (Å²) >= 11 is 1.97. The van der Waals surface area contributed by atoms with Crippen molar-refractivity contribution in [3.8, 4) is 28.0 Å². The van der Waals surface area contributed by atoms with E-state index in [1.165, 1.54) is 50.3 Å². The van der Waals surface area contributed by atoms with Crippen LogP contribution in [0.1, 0.15) is 22.3 Å². The van der Waals surface area contributed by atoms with Gasteiger partial charge in [0.15, 0.2) is 0 Å². The van der Waals surface area contributed by atoms with E-state index in [-0.39, 0.29) is 0 Å². The molecule has 1 heterocycles. The first-order chi connectivity index (χ1) is 14.2. The fourth-order valence-electron chi connectivity index (χ4n) is 4.34. The first kappa shape index (κ1) is 18.8. The smallest absolute Gasteiger partial charge is 0.125 e. The highest BCUT2D eigenvalue weighted by Crippen LogP contribution is 2.42. The van der Waals surface area contributed by atoms with E-state index in [1.807, 2.05) is 11.8 Å². The molecule has 1 atom stereocenters. The van der Waals surface area contributed by atoms with Crippen LogP contribution in [0.3, 0.4) is 0 Å². The van der Waals surface area contributed by atoms with Crippen LogP contribution in [0.4, 0.5) is 0 Å². The van der Waals surface area contributed by atoms with Crippen LogP contribution >= 0.6 is 11.8 Å². The van der Waals surface area contributed by atoms with Crippen LogP contribution < -0.4 is 4.74 Å². The van der Waals surface area contributed by atoms with Gasteiger partial charge in [-0.3, -0.25) is 0 Å².